The van der Waals surface area contributed by atoms with Crippen molar-refractivity contribution >= 4 is 11.8 Å². The third-order valence-electron chi connectivity index (χ3n) is 4.77. The van der Waals surface area contributed by atoms with E-state index in [9.17, 15) is 5.11 Å². The number of hydrogen-bond acceptors (Lipinski definition) is 3. The number of rotatable bonds is 4. The minimum atomic E-state index is -0.149. The third kappa shape index (κ3) is 2.27. The van der Waals surface area contributed by atoms with Crippen molar-refractivity contribution in [2.24, 2.45) is 23.0 Å². The molecule has 2 fully saturated rings. The number of aliphatic hydroxyl groups excluding tert-OH is 1. The van der Waals surface area contributed by atoms with Gasteiger partial charge in [-0.25, -0.2) is 0 Å². The summed E-state index contributed by atoms with van der Waals surface area (Å²) in [6, 6.07) is 0. The van der Waals surface area contributed by atoms with Crippen molar-refractivity contribution in [2.45, 2.75) is 45.1 Å². The molecule has 1 aliphatic carbocycles. The summed E-state index contributed by atoms with van der Waals surface area (Å²) < 4.78 is 0. The monoisotopic (exact) mass is 243 g/mol. The van der Waals surface area contributed by atoms with Crippen LogP contribution in [-0.2, 0) is 0 Å². The lowest BCUT2D eigenvalue weighted by atomic mass is 9.74. The van der Waals surface area contributed by atoms with Gasteiger partial charge < -0.3 is 10.8 Å². The van der Waals surface area contributed by atoms with Crippen molar-refractivity contribution in [2.75, 3.05) is 18.1 Å². The maximum Gasteiger partial charge on any atom is 0.0644 e. The predicted octanol–water partition coefficient (Wildman–Crippen LogP) is 2.26. The van der Waals surface area contributed by atoms with Gasteiger partial charge in [0.1, 0.15) is 0 Å². The van der Waals surface area contributed by atoms with Gasteiger partial charge in [-0.05, 0) is 49.0 Å². The first-order valence-electron chi connectivity index (χ1n) is 6.67. The lowest BCUT2D eigenvalue weighted by Crippen LogP contribution is -2.44. The van der Waals surface area contributed by atoms with E-state index < -0.39 is 0 Å². The van der Waals surface area contributed by atoms with Crippen LogP contribution in [0.25, 0.3) is 0 Å². The topological polar surface area (TPSA) is 46.2 Å². The average Bonchev–Trinajstić information content (AvgIpc) is 2.98. The second kappa shape index (κ2) is 5.28. The van der Waals surface area contributed by atoms with Gasteiger partial charge in [-0.15, -0.1) is 0 Å². The summed E-state index contributed by atoms with van der Waals surface area (Å²) in [5.74, 6) is 3.66. The fourth-order valence-corrected chi connectivity index (χ4v) is 4.78. The summed E-state index contributed by atoms with van der Waals surface area (Å²) in [6.07, 6.45) is 5.85. The van der Waals surface area contributed by atoms with Gasteiger partial charge in [0.25, 0.3) is 0 Å². The number of nitrogens with two attached hydrogens (primary N) is 1. The Morgan fingerprint density at radius 3 is 2.81 bits per heavy atom. The lowest BCUT2D eigenvalue weighted by Gasteiger charge is -2.36. The first-order valence-corrected chi connectivity index (χ1v) is 7.83. The van der Waals surface area contributed by atoms with E-state index in [4.69, 9.17) is 5.73 Å². The molecule has 2 nitrogen and oxygen atoms in total. The van der Waals surface area contributed by atoms with Gasteiger partial charge in [-0.2, -0.15) is 11.8 Å². The Balaban J connectivity index is 2.03. The van der Waals surface area contributed by atoms with Gasteiger partial charge >= 0.3 is 0 Å². The smallest absolute Gasteiger partial charge is 0.0644 e. The van der Waals surface area contributed by atoms with Crippen LogP contribution in [0.4, 0.5) is 0 Å². The Morgan fingerprint density at radius 2 is 2.31 bits per heavy atom. The van der Waals surface area contributed by atoms with Crippen molar-refractivity contribution in [3.05, 3.63) is 0 Å². The molecule has 1 saturated heterocycles. The molecule has 3 N–H and O–H groups in total. The Kier molecular flexibility index (Phi) is 4.20. The van der Waals surface area contributed by atoms with E-state index in [2.05, 4.69) is 6.92 Å². The predicted molar refractivity (Wildman–Crippen MR) is 70.6 cm³/mol. The molecule has 0 radical (unpaired) electrons. The minimum absolute atomic E-state index is 0.0518. The summed E-state index contributed by atoms with van der Waals surface area (Å²) in [6.45, 7) is 2.93. The number of hydrogen-bond donors (Lipinski definition) is 2. The Labute approximate surface area is 103 Å². The lowest BCUT2D eigenvalue weighted by molar-refractivity contribution is -0.00594. The van der Waals surface area contributed by atoms with E-state index in [0.717, 1.165) is 24.5 Å². The van der Waals surface area contributed by atoms with E-state index in [-0.39, 0.29) is 11.5 Å². The van der Waals surface area contributed by atoms with Crippen LogP contribution in [-0.4, -0.2) is 29.3 Å². The molecule has 1 heterocycles. The van der Waals surface area contributed by atoms with Crippen LogP contribution in [0.3, 0.4) is 0 Å². The molecule has 94 valence electrons. The molecule has 0 aromatic carbocycles. The second-order valence-corrected chi connectivity index (χ2v) is 6.80. The summed E-state index contributed by atoms with van der Waals surface area (Å²) in [5.41, 5.74) is 6.04. The Hall–Kier alpha value is 0.270. The van der Waals surface area contributed by atoms with Crippen LogP contribution in [0.15, 0.2) is 0 Å². The molecule has 0 bridgehead atoms. The van der Waals surface area contributed by atoms with Gasteiger partial charge in [-0.1, -0.05) is 13.3 Å². The molecule has 16 heavy (non-hydrogen) atoms. The molecular formula is C13H25NOS. The summed E-state index contributed by atoms with van der Waals surface area (Å²) in [4.78, 5) is 0. The van der Waals surface area contributed by atoms with E-state index in [1.165, 1.54) is 25.0 Å². The van der Waals surface area contributed by atoms with Crippen LogP contribution in [0.5, 0.6) is 0 Å². The van der Waals surface area contributed by atoms with E-state index in [1.807, 2.05) is 11.8 Å². The molecule has 4 atom stereocenters. The zero-order chi connectivity index (χ0) is 11.6. The van der Waals surface area contributed by atoms with Crippen molar-refractivity contribution < 1.29 is 5.11 Å². The maximum atomic E-state index is 10.6. The highest BCUT2D eigenvalue weighted by Gasteiger charge is 2.46. The average molecular weight is 243 g/mol. The maximum absolute atomic E-state index is 10.6. The fraction of sp³-hybridized carbons (Fsp3) is 1.00. The van der Waals surface area contributed by atoms with Crippen LogP contribution in [0, 0.1) is 17.3 Å². The Morgan fingerprint density at radius 1 is 1.50 bits per heavy atom. The quantitative estimate of drug-likeness (QED) is 0.796. The molecule has 4 unspecified atom stereocenters. The molecule has 2 aliphatic rings. The van der Waals surface area contributed by atoms with Crippen LogP contribution >= 0.6 is 11.8 Å². The number of thioether (sulfide) groups is 1. The molecule has 0 aromatic heterocycles. The highest BCUT2D eigenvalue weighted by Crippen LogP contribution is 2.48. The highest BCUT2D eigenvalue weighted by molar-refractivity contribution is 7.99. The van der Waals surface area contributed by atoms with Gasteiger partial charge in [0.15, 0.2) is 0 Å². The first kappa shape index (κ1) is 12.7. The van der Waals surface area contributed by atoms with E-state index >= 15 is 0 Å². The van der Waals surface area contributed by atoms with Crippen molar-refractivity contribution in [3.8, 4) is 0 Å². The molecule has 0 spiro atoms. The molecule has 1 aliphatic heterocycles. The van der Waals surface area contributed by atoms with Crippen molar-refractivity contribution in [3.63, 3.8) is 0 Å². The first-order chi connectivity index (χ1) is 7.72. The molecule has 2 rings (SSSR count). The molecular weight excluding hydrogens is 218 g/mol. The third-order valence-corrected chi connectivity index (χ3v) is 5.96. The SMILES string of the molecule is CCC1CCC(CN)(C(O)C2CCSC2)C1. The molecule has 0 amide bonds. The van der Waals surface area contributed by atoms with Crippen molar-refractivity contribution in [1.29, 1.82) is 0 Å². The van der Waals surface area contributed by atoms with Crippen LogP contribution < -0.4 is 5.73 Å². The zero-order valence-electron chi connectivity index (χ0n) is 10.3. The van der Waals surface area contributed by atoms with Gasteiger partial charge in [0, 0.05) is 12.0 Å². The molecule has 0 aromatic rings. The normalized spacial score (nSPS) is 41.4. The van der Waals surface area contributed by atoms with Gasteiger partial charge in [0.05, 0.1) is 6.10 Å². The van der Waals surface area contributed by atoms with E-state index in [1.54, 1.807) is 0 Å². The summed E-state index contributed by atoms with van der Waals surface area (Å²) in [5, 5.41) is 10.6. The standard InChI is InChI=1S/C13H25NOS/c1-2-10-3-5-13(7-10,9-14)12(15)11-4-6-16-8-11/h10-12,15H,2-9,14H2,1H3. The Bertz CT molecular complexity index is 230. The molecule has 3 heteroatoms. The van der Waals surface area contributed by atoms with Crippen LogP contribution in [0.2, 0.25) is 0 Å². The van der Waals surface area contributed by atoms with E-state index in [0.29, 0.717) is 12.5 Å². The van der Waals surface area contributed by atoms with Crippen LogP contribution in [0.1, 0.15) is 39.0 Å². The van der Waals surface area contributed by atoms with Crippen molar-refractivity contribution in [1.82, 2.24) is 0 Å². The van der Waals surface area contributed by atoms with Gasteiger partial charge in [-0.3, -0.25) is 0 Å². The second-order valence-electron chi connectivity index (χ2n) is 5.65. The minimum Gasteiger partial charge on any atom is -0.392 e. The largest absolute Gasteiger partial charge is 0.392 e. The van der Waals surface area contributed by atoms with Gasteiger partial charge in [0.2, 0.25) is 0 Å². The summed E-state index contributed by atoms with van der Waals surface area (Å²) in [7, 11) is 0. The molecule has 1 saturated carbocycles. The fourth-order valence-electron chi connectivity index (χ4n) is 3.50. The number of aliphatic hydroxyl groups is 1. The highest BCUT2D eigenvalue weighted by atomic mass is 32.2. The zero-order valence-corrected chi connectivity index (χ0v) is 11.1. The summed E-state index contributed by atoms with van der Waals surface area (Å²) >= 11 is 1.98.